The van der Waals surface area contributed by atoms with E-state index in [9.17, 15) is 29.4 Å². The van der Waals surface area contributed by atoms with Gasteiger partial charge in [-0.3, -0.25) is 28.7 Å². The zero-order valence-corrected chi connectivity index (χ0v) is 39.5. The number of thiophene rings is 1. The minimum absolute atomic E-state index is 0.0327. The molecule has 8 rings (SSSR count). The molecule has 4 N–H and O–H groups in total. The molecule has 1 saturated heterocycles. The molecule has 3 aromatic heterocycles. The van der Waals surface area contributed by atoms with E-state index in [1.54, 1.807) is 73.2 Å². The van der Waals surface area contributed by atoms with Crippen LogP contribution < -0.4 is 10.6 Å². The number of aliphatic imine (C=N–C) groups is 1. The van der Waals surface area contributed by atoms with Gasteiger partial charge in [-0.25, -0.2) is 9.37 Å². The lowest BCUT2D eigenvalue weighted by molar-refractivity contribution is -0.142. The van der Waals surface area contributed by atoms with Crippen molar-refractivity contribution >= 4 is 52.1 Å². The quantitative estimate of drug-likeness (QED) is 0.100. The summed E-state index contributed by atoms with van der Waals surface area (Å²) in [7, 11) is 0. The highest BCUT2D eigenvalue weighted by Crippen LogP contribution is 2.40. The average molecular weight is 931 g/mol. The van der Waals surface area contributed by atoms with Crippen molar-refractivity contribution in [1.29, 1.82) is 0 Å². The van der Waals surface area contributed by atoms with E-state index in [1.807, 2.05) is 63.5 Å². The van der Waals surface area contributed by atoms with Crippen molar-refractivity contribution in [3.05, 3.63) is 128 Å². The molecule has 0 saturated carbocycles. The molecule has 1 fully saturated rings. The fraction of sp³-hybridized carbons (Fsp3) is 0.347. The lowest BCUT2D eigenvalue weighted by atomic mass is 9.85. The highest BCUT2D eigenvalue weighted by molar-refractivity contribution is 7.15. The number of rotatable bonds is 11. The molecule has 2 unspecified atom stereocenters. The van der Waals surface area contributed by atoms with Gasteiger partial charge in [0.1, 0.15) is 34.8 Å². The fourth-order valence-electron chi connectivity index (χ4n) is 8.62. The standard InChI is InChI=1S/C49H51FN8O6S2/c1-24-27(4)66-48-40(24)41(53-37(21-39(60)61)44-56-55-28(5)58(44)48)31-13-11-30(12-14-31)35-19-33(17-18-36(35)50)45(62)54-43(49(6,7)8)47(64)57-22-34(59)20-38(57)46(63)52-25(2)29-9-15-32(16-10-29)42-26(3)51-23-65-42/h9-19,23,25,34,37-38,43,59H,20-22H2,1-8H3,(H,52,63)(H,54,62)(H,60,61)/t25?,34-,37+,38+,43?/m1/s1. The number of hydrogen-bond acceptors (Lipinski definition) is 11. The third-order valence-electron chi connectivity index (χ3n) is 12.3. The SMILES string of the molecule is Cc1ncsc1-c1ccc(C(C)NC(=O)[C@@H]2C[C@@H](O)CN2C(=O)C(NC(=O)c2ccc(F)c(-c3ccc(C4=N[C@@H](CC(=O)O)c5nnc(C)n5-c5sc(C)c(C)c54)cc3)c2)C(C)(C)C)cc1. The first-order chi connectivity index (χ1) is 31.3. The molecule has 2 aliphatic rings. The van der Waals surface area contributed by atoms with E-state index < -0.39 is 65.2 Å². The Bertz CT molecular complexity index is 2900. The number of nitrogens with zero attached hydrogens (tertiary/aromatic N) is 6. The summed E-state index contributed by atoms with van der Waals surface area (Å²) in [5.74, 6) is -2.13. The van der Waals surface area contributed by atoms with Crippen LogP contribution in [-0.2, 0) is 14.4 Å². The van der Waals surface area contributed by atoms with Crippen LogP contribution in [0, 0.1) is 38.9 Å². The number of amides is 3. The van der Waals surface area contributed by atoms with Crippen molar-refractivity contribution in [3.63, 3.8) is 0 Å². The molecule has 0 bridgehead atoms. The Labute approximate surface area is 389 Å². The van der Waals surface area contributed by atoms with Crippen molar-refractivity contribution < 1.29 is 33.8 Å². The second kappa shape index (κ2) is 18.1. The van der Waals surface area contributed by atoms with E-state index in [2.05, 4.69) is 25.8 Å². The number of fused-ring (bicyclic) bond motifs is 3. The van der Waals surface area contributed by atoms with Crippen LogP contribution >= 0.6 is 22.7 Å². The number of aromatic nitrogens is 4. The summed E-state index contributed by atoms with van der Waals surface area (Å²) in [6.45, 7) is 14.9. The highest BCUT2D eigenvalue weighted by atomic mass is 32.1. The van der Waals surface area contributed by atoms with Crippen molar-refractivity contribution in [1.82, 2.24) is 35.3 Å². The lowest BCUT2D eigenvalue weighted by Crippen LogP contribution is -2.57. The van der Waals surface area contributed by atoms with Crippen molar-refractivity contribution in [3.8, 4) is 26.6 Å². The number of nitrogens with one attached hydrogen (secondary N) is 2. The van der Waals surface area contributed by atoms with E-state index in [0.717, 1.165) is 42.7 Å². The van der Waals surface area contributed by atoms with Crippen molar-refractivity contribution in [2.45, 2.75) is 98.5 Å². The van der Waals surface area contributed by atoms with Gasteiger partial charge in [-0.1, -0.05) is 69.3 Å². The Morgan fingerprint density at radius 1 is 0.924 bits per heavy atom. The summed E-state index contributed by atoms with van der Waals surface area (Å²) in [6, 6.07) is 15.5. The third kappa shape index (κ3) is 8.94. The van der Waals surface area contributed by atoms with Crippen LogP contribution in [-0.4, -0.2) is 89.0 Å². The maximum Gasteiger partial charge on any atom is 0.306 e. The maximum absolute atomic E-state index is 15.7. The summed E-state index contributed by atoms with van der Waals surface area (Å²) in [6.07, 6.45) is -1.21. The molecule has 5 atom stereocenters. The number of β-amino-alcohol motifs (C(OH)–C–C–N with tert-alkyl or cyclic N) is 1. The normalized spacial score (nSPS) is 17.9. The number of aryl methyl sites for hydroxylation is 3. The zero-order chi connectivity index (χ0) is 47.4. The first-order valence-electron chi connectivity index (χ1n) is 21.6. The summed E-state index contributed by atoms with van der Waals surface area (Å²) >= 11 is 3.10. The van der Waals surface area contributed by atoms with E-state index in [4.69, 9.17) is 4.99 Å². The van der Waals surface area contributed by atoms with Gasteiger partial charge in [0, 0.05) is 40.1 Å². The number of aliphatic carboxylic acids is 1. The monoisotopic (exact) mass is 930 g/mol. The van der Waals surface area contributed by atoms with Crippen LogP contribution in [0.2, 0.25) is 0 Å². The lowest BCUT2D eigenvalue weighted by Gasteiger charge is -2.35. The predicted molar refractivity (Wildman–Crippen MR) is 252 cm³/mol. The number of carboxylic acids is 1. The van der Waals surface area contributed by atoms with Crippen LogP contribution in [0.4, 0.5) is 4.39 Å². The van der Waals surface area contributed by atoms with Gasteiger partial charge in [0.15, 0.2) is 5.82 Å². The third-order valence-corrected chi connectivity index (χ3v) is 14.5. The number of carbonyl (C=O) groups is 4. The Balaban J connectivity index is 1.01. The minimum atomic E-state index is -1.12. The van der Waals surface area contributed by atoms with Crippen LogP contribution in [0.3, 0.4) is 0 Å². The molecule has 5 heterocycles. The fourth-order valence-corrected chi connectivity index (χ4v) is 10.6. The molecular weight excluding hydrogens is 880 g/mol. The van der Waals surface area contributed by atoms with Crippen molar-refractivity contribution in [2.24, 2.45) is 10.4 Å². The summed E-state index contributed by atoms with van der Waals surface area (Å²) in [4.78, 5) is 67.1. The van der Waals surface area contributed by atoms with Gasteiger partial charge in [-0.2, -0.15) is 0 Å². The first kappa shape index (κ1) is 46.1. The first-order valence-corrected chi connectivity index (χ1v) is 23.3. The molecule has 0 aliphatic carbocycles. The molecule has 342 valence electrons. The Kier molecular flexibility index (Phi) is 12.6. The Morgan fingerprint density at radius 3 is 2.26 bits per heavy atom. The van der Waals surface area contributed by atoms with E-state index in [-0.39, 0.29) is 30.5 Å². The van der Waals surface area contributed by atoms with Gasteiger partial charge in [-0.15, -0.1) is 32.9 Å². The average Bonchev–Trinajstić information content (AvgIpc) is 4.04. The van der Waals surface area contributed by atoms with Gasteiger partial charge >= 0.3 is 5.97 Å². The Hall–Kier alpha value is -6.43. The van der Waals surface area contributed by atoms with Crippen LogP contribution in [0.5, 0.6) is 0 Å². The summed E-state index contributed by atoms with van der Waals surface area (Å²) < 4.78 is 17.6. The molecule has 2 aliphatic heterocycles. The number of hydrogen-bond donors (Lipinski definition) is 4. The molecule has 6 aromatic rings. The van der Waals surface area contributed by atoms with Gasteiger partial charge < -0.3 is 25.7 Å². The second-order valence-electron chi connectivity index (χ2n) is 18.1. The number of aliphatic hydroxyl groups excluding tert-OH is 1. The van der Waals surface area contributed by atoms with Gasteiger partial charge in [0.25, 0.3) is 5.91 Å². The highest BCUT2D eigenvalue weighted by Gasteiger charge is 2.45. The summed E-state index contributed by atoms with van der Waals surface area (Å²) in [5.41, 5.74) is 7.60. The predicted octanol–water partition coefficient (Wildman–Crippen LogP) is 7.84. The molecule has 3 amide bonds. The number of carboxylic acid groups (broad SMARTS) is 1. The Morgan fingerprint density at radius 2 is 1.61 bits per heavy atom. The van der Waals surface area contributed by atoms with E-state index in [0.29, 0.717) is 28.5 Å². The van der Waals surface area contributed by atoms with E-state index >= 15 is 4.39 Å². The van der Waals surface area contributed by atoms with Crippen LogP contribution in [0.1, 0.15) is 107 Å². The summed E-state index contributed by atoms with van der Waals surface area (Å²) in [5, 5.41) is 35.9. The van der Waals surface area contributed by atoms with Gasteiger partial charge in [0.2, 0.25) is 11.8 Å². The number of halogens is 1. The number of aliphatic hydroxyl groups is 1. The molecule has 0 radical (unpaired) electrons. The van der Waals surface area contributed by atoms with Crippen LogP contribution in [0.25, 0.3) is 26.6 Å². The topological polar surface area (TPSA) is 192 Å². The largest absolute Gasteiger partial charge is 0.481 e. The van der Waals surface area contributed by atoms with Crippen molar-refractivity contribution in [2.75, 3.05) is 6.54 Å². The smallest absolute Gasteiger partial charge is 0.306 e. The second-order valence-corrected chi connectivity index (χ2v) is 20.1. The number of benzene rings is 3. The molecule has 3 aromatic carbocycles. The number of carbonyl (C=O) groups excluding carboxylic acids is 3. The van der Waals surface area contributed by atoms with Gasteiger partial charge in [-0.05, 0) is 80.5 Å². The number of thiazole rings is 1. The van der Waals surface area contributed by atoms with Crippen LogP contribution in [0.15, 0.2) is 77.2 Å². The molecule has 0 spiro atoms. The molecule has 66 heavy (non-hydrogen) atoms. The maximum atomic E-state index is 15.7. The zero-order valence-electron chi connectivity index (χ0n) is 37.8. The molecule has 17 heteroatoms. The molecule has 14 nitrogen and oxygen atoms in total. The number of likely N-dealkylation sites (tertiary alicyclic amines) is 1. The minimum Gasteiger partial charge on any atom is -0.481 e. The van der Waals surface area contributed by atoms with E-state index in [1.165, 1.54) is 23.1 Å². The van der Waals surface area contributed by atoms with Gasteiger partial charge in [0.05, 0.1) is 40.4 Å². The molecular formula is C49H51FN8O6S2.